The van der Waals surface area contributed by atoms with Crippen molar-refractivity contribution in [1.29, 1.82) is 0 Å². The number of amides is 1. The Hall–Kier alpha value is -3.35. The minimum atomic E-state index is -0.285. The van der Waals surface area contributed by atoms with Gasteiger partial charge < -0.3 is 9.84 Å². The van der Waals surface area contributed by atoms with Crippen LogP contribution in [0, 0.1) is 5.92 Å². The molecule has 0 aliphatic heterocycles. The summed E-state index contributed by atoms with van der Waals surface area (Å²) in [5, 5.41) is 6.84. The van der Waals surface area contributed by atoms with Crippen LogP contribution in [-0.2, 0) is 16.6 Å². The molecular formula is C28H32N4O3. The number of aromatic nitrogens is 3. The molecule has 0 atom stereocenters. The lowest BCUT2D eigenvalue weighted by Crippen LogP contribution is -2.14. The number of anilines is 1. The third-order valence-electron chi connectivity index (χ3n) is 6.92. The SMILES string of the molecule is CC(C)(C)c1nc(C(=O)CCc2ccc(-c3ccnc(NC(=O)C4CC4)c3)cc2C2CCC2)no1. The summed E-state index contributed by atoms with van der Waals surface area (Å²) >= 11 is 0. The van der Waals surface area contributed by atoms with Crippen molar-refractivity contribution in [2.24, 2.45) is 5.92 Å². The fourth-order valence-electron chi connectivity index (χ4n) is 4.36. The van der Waals surface area contributed by atoms with E-state index in [0.717, 1.165) is 24.0 Å². The van der Waals surface area contributed by atoms with Gasteiger partial charge in [0.25, 0.3) is 0 Å². The molecule has 0 spiro atoms. The maximum absolute atomic E-state index is 12.8. The molecule has 182 valence electrons. The van der Waals surface area contributed by atoms with E-state index in [1.165, 1.54) is 30.4 Å². The molecule has 2 heterocycles. The number of carbonyl (C=O) groups excluding carboxylic acids is 2. The van der Waals surface area contributed by atoms with Gasteiger partial charge >= 0.3 is 0 Å². The average molecular weight is 473 g/mol. The van der Waals surface area contributed by atoms with Crippen LogP contribution in [0.2, 0.25) is 0 Å². The van der Waals surface area contributed by atoms with Crippen LogP contribution in [0.1, 0.15) is 92.9 Å². The topological polar surface area (TPSA) is 98.0 Å². The Labute approximate surface area is 205 Å². The first-order valence-corrected chi connectivity index (χ1v) is 12.6. The zero-order chi connectivity index (χ0) is 24.6. The van der Waals surface area contributed by atoms with Crippen LogP contribution in [0.4, 0.5) is 5.82 Å². The van der Waals surface area contributed by atoms with E-state index >= 15 is 0 Å². The molecule has 0 bridgehead atoms. The third-order valence-corrected chi connectivity index (χ3v) is 6.92. The van der Waals surface area contributed by atoms with Crippen molar-refractivity contribution in [3.05, 3.63) is 59.4 Å². The first-order chi connectivity index (χ1) is 16.8. The van der Waals surface area contributed by atoms with Gasteiger partial charge in [-0.25, -0.2) is 4.98 Å². The Bertz CT molecular complexity index is 1250. The zero-order valence-corrected chi connectivity index (χ0v) is 20.6. The van der Waals surface area contributed by atoms with E-state index < -0.39 is 0 Å². The number of hydrogen-bond donors (Lipinski definition) is 1. The van der Waals surface area contributed by atoms with Gasteiger partial charge in [-0.15, -0.1) is 0 Å². The van der Waals surface area contributed by atoms with Gasteiger partial charge in [0.1, 0.15) is 5.82 Å². The number of nitrogens with one attached hydrogen (secondary N) is 1. The zero-order valence-electron chi connectivity index (χ0n) is 20.6. The van der Waals surface area contributed by atoms with Gasteiger partial charge in [0.2, 0.25) is 23.4 Å². The lowest BCUT2D eigenvalue weighted by atomic mass is 9.76. The average Bonchev–Trinajstić information content (AvgIpc) is 3.52. The molecule has 0 radical (unpaired) electrons. The molecule has 2 aromatic heterocycles. The summed E-state index contributed by atoms with van der Waals surface area (Å²) in [4.78, 5) is 33.5. The first kappa shape index (κ1) is 23.4. The molecule has 1 N–H and O–H groups in total. The van der Waals surface area contributed by atoms with Crippen LogP contribution >= 0.6 is 0 Å². The molecule has 35 heavy (non-hydrogen) atoms. The molecule has 7 heteroatoms. The number of carbonyl (C=O) groups is 2. The molecule has 2 saturated carbocycles. The minimum absolute atomic E-state index is 0.0565. The first-order valence-electron chi connectivity index (χ1n) is 12.6. The summed E-state index contributed by atoms with van der Waals surface area (Å²) in [5.74, 6) is 1.85. The molecule has 2 aliphatic carbocycles. The third kappa shape index (κ3) is 5.34. The van der Waals surface area contributed by atoms with Crippen molar-refractivity contribution in [3.8, 4) is 11.1 Å². The second kappa shape index (κ2) is 9.36. The summed E-state index contributed by atoms with van der Waals surface area (Å²) in [7, 11) is 0. The highest BCUT2D eigenvalue weighted by atomic mass is 16.5. The van der Waals surface area contributed by atoms with Crippen LogP contribution < -0.4 is 5.32 Å². The van der Waals surface area contributed by atoms with Gasteiger partial charge in [0.05, 0.1) is 0 Å². The fourth-order valence-corrected chi connectivity index (χ4v) is 4.36. The molecule has 5 rings (SSSR count). The maximum atomic E-state index is 12.8. The van der Waals surface area contributed by atoms with Crippen LogP contribution in [0.5, 0.6) is 0 Å². The maximum Gasteiger partial charge on any atom is 0.238 e. The van der Waals surface area contributed by atoms with E-state index in [1.807, 2.05) is 32.9 Å². The van der Waals surface area contributed by atoms with E-state index in [1.54, 1.807) is 6.20 Å². The Kier molecular flexibility index (Phi) is 6.26. The lowest BCUT2D eigenvalue weighted by molar-refractivity contribution is -0.117. The van der Waals surface area contributed by atoms with E-state index in [4.69, 9.17) is 4.52 Å². The largest absolute Gasteiger partial charge is 0.338 e. The number of Topliss-reactive ketones (excluding diaryl/α,β-unsaturated/α-hetero) is 1. The highest BCUT2D eigenvalue weighted by Crippen LogP contribution is 2.40. The quantitative estimate of drug-likeness (QED) is 0.412. The predicted octanol–water partition coefficient (Wildman–Crippen LogP) is 5.86. The van der Waals surface area contributed by atoms with Crippen molar-refractivity contribution >= 4 is 17.5 Å². The molecule has 1 aromatic carbocycles. The number of pyridine rings is 1. The van der Waals surface area contributed by atoms with Crippen molar-refractivity contribution in [2.45, 2.75) is 77.0 Å². The summed E-state index contributed by atoms with van der Waals surface area (Å²) in [6.07, 6.45) is 8.22. The Morgan fingerprint density at radius 1 is 1.06 bits per heavy atom. The highest BCUT2D eigenvalue weighted by molar-refractivity contribution is 5.94. The molecule has 0 saturated heterocycles. The molecule has 2 aliphatic rings. The van der Waals surface area contributed by atoms with Crippen molar-refractivity contribution < 1.29 is 14.1 Å². The van der Waals surface area contributed by atoms with Crippen LogP contribution in [0.25, 0.3) is 11.1 Å². The van der Waals surface area contributed by atoms with Gasteiger partial charge in [-0.2, -0.15) is 4.98 Å². The summed E-state index contributed by atoms with van der Waals surface area (Å²) in [6.45, 7) is 5.94. The van der Waals surface area contributed by atoms with Gasteiger partial charge in [-0.05, 0) is 72.4 Å². The van der Waals surface area contributed by atoms with Gasteiger partial charge in [0, 0.05) is 24.0 Å². The van der Waals surface area contributed by atoms with Crippen LogP contribution in [0.15, 0.2) is 41.1 Å². The molecule has 3 aromatic rings. The molecule has 0 unspecified atom stereocenters. The minimum Gasteiger partial charge on any atom is -0.338 e. The number of ketones is 1. The van der Waals surface area contributed by atoms with E-state index in [9.17, 15) is 9.59 Å². The van der Waals surface area contributed by atoms with E-state index in [-0.39, 0.29) is 28.8 Å². The predicted molar refractivity (Wildman–Crippen MR) is 133 cm³/mol. The lowest BCUT2D eigenvalue weighted by Gasteiger charge is -2.28. The Morgan fingerprint density at radius 3 is 2.49 bits per heavy atom. The molecular weight excluding hydrogens is 440 g/mol. The standard InChI is InChI=1S/C28H32N4O3/c1-28(2,3)27-31-25(32-35-27)23(33)12-11-18-7-10-20(15-22(18)17-5-4-6-17)21-13-14-29-24(16-21)30-26(34)19-8-9-19/h7,10,13-17,19H,4-6,8-9,11-12H2,1-3H3,(H,29,30,34). The Morgan fingerprint density at radius 2 is 1.83 bits per heavy atom. The van der Waals surface area contributed by atoms with Crippen molar-refractivity contribution in [1.82, 2.24) is 15.1 Å². The van der Waals surface area contributed by atoms with E-state index in [0.29, 0.717) is 30.5 Å². The summed E-state index contributed by atoms with van der Waals surface area (Å²) < 4.78 is 5.29. The summed E-state index contributed by atoms with van der Waals surface area (Å²) in [5.41, 5.74) is 4.34. The van der Waals surface area contributed by atoms with Gasteiger partial charge in [0.15, 0.2) is 0 Å². The number of benzene rings is 1. The second-order valence-corrected chi connectivity index (χ2v) is 10.8. The molecule has 1 amide bonds. The smallest absolute Gasteiger partial charge is 0.238 e. The number of rotatable bonds is 8. The fraction of sp³-hybridized carbons (Fsp3) is 0.464. The Balaban J connectivity index is 1.33. The van der Waals surface area contributed by atoms with Crippen LogP contribution in [-0.4, -0.2) is 26.8 Å². The summed E-state index contributed by atoms with van der Waals surface area (Å²) in [6, 6.07) is 10.4. The number of aryl methyl sites for hydroxylation is 1. The van der Waals surface area contributed by atoms with Crippen molar-refractivity contribution in [2.75, 3.05) is 5.32 Å². The van der Waals surface area contributed by atoms with Gasteiger partial charge in [-0.3, -0.25) is 9.59 Å². The molecule has 7 nitrogen and oxygen atoms in total. The van der Waals surface area contributed by atoms with Crippen molar-refractivity contribution in [3.63, 3.8) is 0 Å². The normalized spacial score (nSPS) is 16.1. The van der Waals surface area contributed by atoms with E-state index in [2.05, 4.69) is 38.6 Å². The highest BCUT2D eigenvalue weighted by Gasteiger charge is 2.30. The molecule has 2 fully saturated rings. The van der Waals surface area contributed by atoms with Crippen LogP contribution in [0.3, 0.4) is 0 Å². The monoisotopic (exact) mass is 472 g/mol. The second-order valence-electron chi connectivity index (χ2n) is 10.8. The number of hydrogen-bond acceptors (Lipinski definition) is 6. The van der Waals surface area contributed by atoms with Gasteiger partial charge in [-0.1, -0.05) is 50.5 Å². The number of nitrogens with zero attached hydrogens (tertiary/aromatic N) is 3.